The second kappa shape index (κ2) is 9.37. The van der Waals surface area contributed by atoms with Crippen molar-refractivity contribution in [1.82, 2.24) is 14.7 Å². The minimum Gasteiger partial charge on any atom is -0.372 e. The maximum atomic E-state index is 12.9. The standard InChI is InChI=1S/C21H37N3O3/c1-16-14-24(15-17(2)27-16)21(26)18(3)22-10-12-23(13-11-22)20(25)9-8-19-6-4-5-7-19/h16-19H,4-15H2,1-3H3. The summed E-state index contributed by atoms with van der Waals surface area (Å²) in [5.74, 6) is 1.26. The molecule has 0 aromatic rings. The highest BCUT2D eigenvalue weighted by Gasteiger charge is 2.33. The van der Waals surface area contributed by atoms with Crippen molar-refractivity contribution in [2.75, 3.05) is 39.3 Å². The van der Waals surface area contributed by atoms with Crippen molar-refractivity contribution in [3.05, 3.63) is 0 Å². The molecule has 0 radical (unpaired) electrons. The quantitative estimate of drug-likeness (QED) is 0.734. The number of rotatable bonds is 5. The first-order chi connectivity index (χ1) is 12.9. The van der Waals surface area contributed by atoms with E-state index >= 15 is 0 Å². The first-order valence-electron chi connectivity index (χ1n) is 10.9. The van der Waals surface area contributed by atoms with E-state index in [1.807, 2.05) is 30.6 Å². The highest BCUT2D eigenvalue weighted by atomic mass is 16.5. The largest absolute Gasteiger partial charge is 0.372 e. The van der Waals surface area contributed by atoms with E-state index in [1.54, 1.807) is 0 Å². The van der Waals surface area contributed by atoms with Crippen LogP contribution in [-0.2, 0) is 14.3 Å². The lowest BCUT2D eigenvalue weighted by molar-refractivity contribution is -0.149. The summed E-state index contributed by atoms with van der Waals surface area (Å²) in [6.07, 6.45) is 7.23. The van der Waals surface area contributed by atoms with Gasteiger partial charge in [-0.05, 0) is 33.1 Å². The Balaban J connectivity index is 1.42. The Hall–Kier alpha value is -1.14. The van der Waals surface area contributed by atoms with E-state index in [0.717, 1.165) is 38.5 Å². The van der Waals surface area contributed by atoms with Gasteiger partial charge < -0.3 is 14.5 Å². The summed E-state index contributed by atoms with van der Waals surface area (Å²) in [6.45, 7) is 10.5. The lowest BCUT2D eigenvalue weighted by Gasteiger charge is -2.41. The van der Waals surface area contributed by atoms with E-state index in [-0.39, 0.29) is 24.2 Å². The second-order valence-electron chi connectivity index (χ2n) is 8.78. The van der Waals surface area contributed by atoms with Crippen molar-refractivity contribution in [2.24, 2.45) is 5.92 Å². The SMILES string of the molecule is CC1CN(C(=O)C(C)N2CCN(C(=O)CCC3CCCC3)CC2)CC(C)O1. The predicted molar refractivity (Wildman–Crippen MR) is 105 cm³/mol. The van der Waals surface area contributed by atoms with E-state index in [9.17, 15) is 9.59 Å². The molecule has 27 heavy (non-hydrogen) atoms. The fraction of sp³-hybridized carbons (Fsp3) is 0.905. The molecule has 6 nitrogen and oxygen atoms in total. The van der Waals surface area contributed by atoms with Gasteiger partial charge >= 0.3 is 0 Å². The van der Waals surface area contributed by atoms with Gasteiger partial charge in [0.15, 0.2) is 0 Å². The zero-order valence-corrected chi connectivity index (χ0v) is 17.4. The lowest BCUT2D eigenvalue weighted by atomic mass is 10.0. The summed E-state index contributed by atoms with van der Waals surface area (Å²) < 4.78 is 5.74. The number of hydrogen-bond acceptors (Lipinski definition) is 4. The molecular formula is C21H37N3O3. The van der Waals surface area contributed by atoms with Crippen molar-refractivity contribution in [3.8, 4) is 0 Å². The number of carbonyl (C=O) groups is 2. The van der Waals surface area contributed by atoms with Crippen LogP contribution in [0.25, 0.3) is 0 Å². The van der Waals surface area contributed by atoms with Crippen LogP contribution in [0.3, 0.4) is 0 Å². The van der Waals surface area contributed by atoms with Gasteiger partial charge in [0.25, 0.3) is 0 Å². The van der Waals surface area contributed by atoms with E-state index in [4.69, 9.17) is 4.74 Å². The van der Waals surface area contributed by atoms with Crippen LogP contribution in [-0.4, -0.2) is 84.0 Å². The zero-order chi connectivity index (χ0) is 19.4. The molecule has 0 aromatic carbocycles. The van der Waals surface area contributed by atoms with Gasteiger partial charge in [-0.1, -0.05) is 25.7 Å². The maximum Gasteiger partial charge on any atom is 0.239 e. The van der Waals surface area contributed by atoms with Gasteiger partial charge in [-0.15, -0.1) is 0 Å². The molecule has 0 N–H and O–H groups in total. The minimum atomic E-state index is -0.127. The molecule has 3 fully saturated rings. The molecule has 3 atom stereocenters. The Morgan fingerprint density at radius 1 is 0.963 bits per heavy atom. The van der Waals surface area contributed by atoms with Gasteiger partial charge in [0.2, 0.25) is 11.8 Å². The third-order valence-electron chi connectivity index (χ3n) is 6.54. The average Bonchev–Trinajstić information content (AvgIpc) is 3.18. The number of piperazine rings is 1. The van der Waals surface area contributed by atoms with Gasteiger partial charge in [-0.2, -0.15) is 0 Å². The summed E-state index contributed by atoms with van der Waals surface area (Å²) in [5, 5.41) is 0. The van der Waals surface area contributed by atoms with Crippen LogP contribution in [0, 0.1) is 5.92 Å². The van der Waals surface area contributed by atoms with Gasteiger partial charge in [0.1, 0.15) is 0 Å². The molecule has 2 saturated heterocycles. The molecule has 3 rings (SSSR count). The van der Waals surface area contributed by atoms with Gasteiger partial charge in [0, 0.05) is 45.7 Å². The Bertz CT molecular complexity index is 503. The second-order valence-corrected chi connectivity index (χ2v) is 8.78. The van der Waals surface area contributed by atoms with Crippen molar-refractivity contribution in [1.29, 1.82) is 0 Å². The molecule has 0 bridgehead atoms. The van der Waals surface area contributed by atoms with Crippen LogP contribution in [0.2, 0.25) is 0 Å². The summed E-state index contributed by atoms with van der Waals surface area (Å²) in [7, 11) is 0. The summed E-state index contributed by atoms with van der Waals surface area (Å²) in [5.41, 5.74) is 0. The van der Waals surface area contributed by atoms with Crippen molar-refractivity contribution in [2.45, 2.75) is 77.5 Å². The maximum absolute atomic E-state index is 12.9. The first-order valence-corrected chi connectivity index (χ1v) is 10.9. The van der Waals surface area contributed by atoms with Crippen LogP contribution in [0.4, 0.5) is 0 Å². The summed E-state index contributed by atoms with van der Waals surface area (Å²) in [4.78, 5) is 31.6. The van der Waals surface area contributed by atoms with Gasteiger partial charge in [0.05, 0.1) is 18.2 Å². The molecule has 1 aliphatic carbocycles. The van der Waals surface area contributed by atoms with Crippen molar-refractivity contribution < 1.29 is 14.3 Å². The fourth-order valence-electron chi connectivity index (χ4n) is 4.92. The van der Waals surface area contributed by atoms with Gasteiger partial charge in [-0.25, -0.2) is 0 Å². The topological polar surface area (TPSA) is 53.1 Å². The van der Waals surface area contributed by atoms with E-state index < -0.39 is 0 Å². The third kappa shape index (κ3) is 5.44. The Morgan fingerprint density at radius 3 is 2.15 bits per heavy atom. The number of amides is 2. The highest BCUT2D eigenvalue weighted by Crippen LogP contribution is 2.28. The molecule has 2 amide bonds. The predicted octanol–water partition coefficient (Wildman–Crippen LogP) is 2.13. The minimum absolute atomic E-state index is 0.0965. The molecule has 2 aliphatic heterocycles. The molecule has 3 unspecified atom stereocenters. The molecular weight excluding hydrogens is 342 g/mol. The number of hydrogen-bond donors (Lipinski definition) is 0. The van der Waals surface area contributed by atoms with Crippen LogP contribution in [0.15, 0.2) is 0 Å². The van der Waals surface area contributed by atoms with Crippen molar-refractivity contribution >= 4 is 11.8 Å². The molecule has 6 heteroatoms. The normalized spacial score (nSPS) is 29.1. The third-order valence-corrected chi connectivity index (χ3v) is 6.54. The van der Waals surface area contributed by atoms with Crippen LogP contribution in [0.1, 0.15) is 59.3 Å². The van der Waals surface area contributed by atoms with E-state index in [1.165, 1.54) is 25.7 Å². The highest BCUT2D eigenvalue weighted by molar-refractivity contribution is 5.81. The van der Waals surface area contributed by atoms with E-state index in [2.05, 4.69) is 4.90 Å². The smallest absolute Gasteiger partial charge is 0.239 e. The van der Waals surface area contributed by atoms with Crippen LogP contribution in [0.5, 0.6) is 0 Å². The molecule has 0 spiro atoms. The molecule has 154 valence electrons. The Kier molecular flexibility index (Phi) is 7.15. The molecule has 1 saturated carbocycles. The number of ether oxygens (including phenoxy) is 1. The summed E-state index contributed by atoms with van der Waals surface area (Å²) in [6, 6.07) is -0.127. The summed E-state index contributed by atoms with van der Waals surface area (Å²) >= 11 is 0. The number of nitrogens with zero attached hydrogens (tertiary/aromatic N) is 3. The average molecular weight is 380 g/mol. The molecule has 3 aliphatic rings. The number of morpholine rings is 1. The fourth-order valence-corrected chi connectivity index (χ4v) is 4.92. The zero-order valence-electron chi connectivity index (χ0n) is 17.4. The van der Waals surface area contributed by atoms with E-state index in [0.29, 0.717) is 25.4 Å². The lowest BCUT2D eigenvalue weighted by Crippen LogP contribution is -2.58. The van der Waals surface area contributed by atoms with Crippen LogP contribution >= 0.6 is 0 Å². The molecule has 0 aromatic heterocycles. The first kappa shape index (κ1) is 20.6. The number of carbonyl (C=O) groups excluding carboxylic acids is 2. The van der Waals surface area contributed by atoms with Crippen LogP contribution < -0.4 is 0 Å². The Labute approximate surface area is 164 Å². The van der Waals surface area contributed by atoms with Crippen molar-refractivity contribution in [3.63, 3.8) is 0 Å². The Morgan fingerprint density at radius 2 is 1.56 bits per heavy atom. The monoisotopic (exact) mass is 379 g/mol. The molecule has 2 heterocycles. The van der Waals surface area contributed by atoms with Gasteiger partial charge in [-0.3, -0.25) is 14.5 Å².